The Hall–Kier alpha value is -3.66. The number of carbonyl (C=O) groups excluding carboxylic acids is 1. The van der Waals surface area contributed by atoms with Gasteiger partial charge in [-0.05, 0) is 57.5 Å². The first-order chi connectivity index (χ1) is 13.2. The maximum atomic E-state index is 12.9. The zero-order valence-corrected chi connectivity index (χ0v) is 16.1. The number of esters is 1. The van der Waals surface area contributed by atoms with E-state index >= 15 is 0 Å². The average molecular weight is 376 g/mol. The smallest absolute Gasteiger partial charge is 0.340 e. The fourth-order valence-electron chi connectivity index (χ4n) is 2.74. The summed E-state index contributed by atoms with van der Waals surface area (Å²) in [5.41, 5.74) is 1.86. The van der Waals surface area contributed by atoms with Crippen LogP contribution in [0.15, 0.2) is 47.4 Å². The summed E-state index contributed by atoms with van der Waals surface area (Å²) in [6.45, 7) is 7.16. The summed E-state index contributed by atoms with van der Waals surface area (Å²) in [6.07, 6.45) is 1.38. The average Bonchev–Trinajstić information content (AvgIpc) is 2.95. The van der Waals surface area contributed by atoms with Crippen LogP contribution in [-0.2, 0) is 4.74 Å². The van der Waals surface area contributed by atoms with Gasteiger partial charge in [-0.1, -0.05) is 12.1 Å². The summed E-state index contributed by atoms with van der Waals surface area (Å²) in [4.78, 5) is 29.2. The minimum absolute atomic E-state index is 0.264. The molecule has 1 aromatic carbocycles. The van der Waals surface area contributed by atoms with Crippen LogP contribution in [0.1, 0.15) is 42.4 Å². The lowest BCUT2D eigenvalue weighted by Crippen LogP contribution is -2.24. The maximum Gasteiger partial charge on any atom is 0.340 e. The van der Waals surface area contributed by atoms with E-state index in [4.69, 9.17) is 10.00 Å². The quantitative estimate of drug-likeness (QED) is 0.706. The number of nitrogens with one attached hydrogen (secondary N) is 1. The second kappa shape index (κ2) is 7.16. The number of H-pyrrole nitrogens is 1. The van der Waals surface area contributed by atoms with Gasteiger partial charge in [0.1, 0.15) is 5.60 Å². The highest BCUT2D eigenvalue weighted by molar-refractivity contribution is 5.89. The zero-order chi connectivity index (χ0) is 20.5. The van der Waals surface area contributed by atoms with E-state index in [0.29, 0.717) is 33.8 Å². The summed E-state index contributed by atoms with van der Waals surface area (Å²) in [5, 5.41) is 11.9. The molecule has 0 aliphatic rings. The van der Waals surface area contributed by atoms with Gasteiger partial charge in [-0.2, -0.15) is 5.26 Å². The molecule has 3 aromatic rings. The molecule has 2 aromatic heterocycles. The molecule has 3 rings (SSSR count). The third kappa shape index (κ3) is 3.86. The second-order valence-electron chi connectivity index (χ2n) is 7.35. The van der Waals surface area contributed by atoms with E-state index in [0.717, 1.165) is 0 Å². The van der Waals surface area contributed by atoms with Crippen molar-refractivity contribution in [2.75, 3.05) is 0 Å². The molecule has 2 heterocycles. The molecule has 0 aliphatic heterocycles. The van der Waals surface area contributed by atoms with Crippen molar-refractivity contribution in [3.05, 3.63) is 69.8 Å². The standard InChI is InChI=1S/C21H20N4O3/c1-13-18(15-7-5-14(11-22)6-8-15)19(26)25(24-13)17-10-9-16(12-23-17)20(27)28-21(2,3)4/h5-10,12,24H,1-4H3. The molecule has 0 fully saturated rings. The number of aryl methyl sites for hydroxylation is 1. The predicted molar refractivity (Wildman–Crippen MR) is 104 cm³/mol. The molecule has 0 bridgehead atoms. The van der Waals surface area contributed by atoms with Crippen LogP contribution >= 0.6 is 0 Å². The first kappa shape index (κ1) is 19.1. The maximum absolute atomic E-state index is 12.9. The Labute approximate surface area is 162 Å². The number of benzene rings is 1. The molecule has 7 nitrogen and oxygen atoms in total. The van der Waals surface area contributed by atoms with E-state index in [2.05, 4.69) is 16.2 Å². The number of aromatic amines is 1. The monoisotopic (exact) mass is 376 g/mol. The lowest BCUT2D eigenvalue weighted by Gasteiger charge is -2.19. The normalized spacial score (nSPS) is 11.1. The molecule has 0 unspecified atom stereocenters. The van der Waals surface area contributed by atoms with Crippen molar-refractivity contribution >= 4 is 5.97 Å². The van der Waals surface area contributed by atoms with Crippen molar-refractivity contribution < 1.29 is 9.53 Å². The summed E-state index contributed by atoms with van der Waals surface area (Å²) in [7, 11) is 0. The molecule has 1 N–H and O–H groups in total. The van der Waals surface area contributed by atoms with Crippen molar-refractivity contribution in [2.24, 2.45) is 0 Å². The molecule has 0 radical (unpaired) electrons. The summed E-state index contributed by atoms with van der Waals surface area (Å²) in [6, 6.07) is 12.0. The van der Waals surface area contributed by atoms with Crippen molar-refractivity contribution in [1.82, 2.24) is 14.8 Å². The van der Waals surface area contributed by atoms with Crippen LogP contribution in [0.5, 0.6) is 0 Å². The molecule has 7 heteroatoms. The van der Waals surface area contributed by atoms with Crippen LogP contribution in [0.3, 0.4) is 0 Å². The van der Waals surface area contributed by atoms with Crippen molar-refractivity contribution in [1.29, 1.82) is 5.26 Å². The lowest BCUT2D eigenvalue weighted by atomic mass is 10.1. The number of ether oxygens (including phenoxy) is 1. The Morgan fingerprint density at radius 3 is 2.39 bits per heavy atom. The number of pyridine rings is 1. The Kier molecular flexibility index (Phi) is 4.89. The second-order valence-corrected chi connectivity index (χ2v) is 7.35. The lowest BCUT2D eigenvalue weighted by molar-refractivity contribution is 0.00691. The largest absolute Gasteiger partial charge is 0.456 e. The van der Waals surface area contributed by atoms with Gasteiger partial charge in [0.15, 0.2) is 5.82 Å². The van der Waals surface area contributed by atoms with Gasteiger partial charge in [-0.25, -0.2) is 14.5 Å². The van der Waals surface area contributed by atoms with E-state index in [9.17, 15) is 9.59 Å². The molecule has 0 saturated heterocycles. The number of aromatic nitrogens is 3. The van der Waals surface area contributed by atoms with Gasteiger partial charge in [0.05, 0.1) is 22.8 Å². The fraction of sp³-hybridized carbons (Fsp3) is 0.238. The zero-order valence-electron chi connectivity index (χ0n) is 16.1. The van der Waals surface area contributed by atoms with Crippen molar-refractivity contribution in [2.45, 2.75) is 33.3 Å². The minimum atomic E-state index is -0.598. The number of nitriles is 1. The van der Waals surface area contributed by atoms with Crippen molar-refractivity contribution in [3.63, 3.8) is 0 Å². The van der Waals surface area contributed by atoms with E-state index in [-0.39, 0.29) is 5.56 Å². The number of rotatable bonds is 3. The Bertz CT molecular complexity index is 1110. The molecule has 142 valence electrons. The van der Waals surface area contributed by atoms with Gasteiger partial charge in [-0.15, -0.1) is 0 Å². The fourth-order valence-corrected chi connectivity index (χ4v) is 2.74. The summed E-state index contributed by atoms with van der Waals surface area (Å²) in [5.74, 6) is -0.111. The van der Waals surface area contributed by atoms with E-state index in [1.165, 1.54) is 10.9 Å². The van der Waals surface area contributed by atoms with Gasteiger partial charge in [0.25, 0.3) is 5.56 Å². The van der Waals surface area contributed by atoms with Crippen LogP contribution in [0.25, 0.3) is 16.9 Å². The summed E-state index contributed by atoms with van der Waals surface area (Å²) < 4.78 is 6.64. The van der Waals surface area contributed by atoms with Crippen molar-refractivity contribution in [3.8, 4) is 23.0 Å². The molecule has 0 amide bonds. The number of nitrogens with zero attached hydrogens (tertiary/aromatic N) is 3. The number of carbonyl (C=O) groups is 1. The number of hydrogen-bond acceptors (Lipinski definition) is 5. The molecule has 0 atom stereocenters. The van der Waals surface area contributed by atoms with Gasteiger partial charge in [-0.3, -0.25) is 9.89 Å². The van der Waals surface area contributed by atoms with Gasteiger partial charge in [0.2, 0.25) is 0 Å². The Morgan fingerprint density at radius 1 is 1.18 bits per heavy atom. The van der Waals surface area contributed by atoms with Crippen LogP contribution in [-0.4, -0.2) is 26.3 Å². The topological polar surface area (TPSA) is 101 Å². The molecule has 28 heavy (non-hydrogen) atoms. The highest BCUT2D eigenvalue weighted by Crippen LogP contribution is 2.20. The Morgan fingerprint density at radius 2 is 1.86 bits per heavy atom. The molecule has 0 aliphatic carbocycles. The van der Waals surface area contributed by atoms with Gasteiger partial charge < -0.3 is 4.74 Å². The third-order valence-corrected chi connectivity index (χ3v) is 3.99. The van der Waals surface area contributed by atoms with E-state index in [1.54, 1.807) is 64.1 Å². The van der Waals surface area contributed by atoms with Gasteiger partial charge >= 0.3 is 5.97 Å². The SMILES string of the molecule is Cc1[nH]n(-c2ccc(C(=O)OC(C)(C)C)cn2)c(=O)c1-c1ccc(C#N)cc1. The number of hydrogen-bond donors (Lipinski definition) is 1. The van der Waals surface area contributed by atoms with Crippen LogP contribution in [0.4, 0.5) is 0 Å². The Balaban J connectivity index is 1.94. The molecular formula is C21H20N4O3. The van der Waals surface area contributed by atoms with E-state index in [1.807, 2.05) is 0 Å². The first-order valence-corrected chi connectivity index (χ1v) is 8.71. The molecular weight excluding hydrogens is 356 g/mol. The minimum Gasteiger partial charge on any atom is -0.456 e. The third-order valence-electron chi connectivity index (χ3n) is 3.99. The first-order valence-electron chi connectivity index (χ1n) is 8.71. The van der Waals surface area contributed by atoms with E-state index < -0.39 is 11.6 Å². The van der Waals surface area contributed by atoms with Gasteiger partial charge in [0, 0.05) is 11.9 Å². The highest BCUT2D eigenvalue weighted by Gasteiger charge is 2.19. The summed E-state index contributed by atoms with van der Waals surface area (Å²) >= 11 is 0. The van der Waals surface area contributed by atoms with Crippen LogP contribution < -0.4 is 5.56 Å². The van der Waals surface area contributed by atoms with Crippen LogP contribution in [0, 0.1) is 18.3 Å². The van der Waals surface area contributed by atoms with Crippen LogP contribution in [0.2, 0.25) is 0 Å². The predicted octanol–water partition coefficient (Wildman–Crippen LogP) is 3.36. The molecule has 0 spiro atoms. The highest BCUT2D eigenvalue weighted by atomic mass is 16.6. The molecule has 0 saturated carbocycles.